The summed E-state index contributed by atoms with van der Waals surface area (Å²) in [5.41, 5.74) is 2.52. The molecule has 0 aliphatic carbocycles. The SMILES string of the molecule is CCCNC(Cc1ccc(Br)cc1)c1sc(C)nc1C. The summed E-state index contributed by atoms with van der Waals surface area (Å²) in [5, 5.41) is 4.81. The molecule has 0 fully saturated rings. The molecule has 108 valence electrons. The molecule has 0 saturated carbocycles. The molecule has 0 bridgehead atoms. The van der Waals surface area contributed by atoms with E-state index in [9.17, 15) is 0 Å². The minimum Gasteiger partial charge on any atom is -0.309 e. The minimum atomic E-state index is 0.363. The highest BCUT2D eigenvalue weighted by atomic mass is 79.9. The second-order valence-electron chi connectivity index (χ2n) is 5.02. The van der Waals surface area contributed by atoms with E-state index >= 15 is 0 Å². The Morgan fingerprint density at radius 3 is 2.50 bits per heavy atom. The normalized spacial score (nSPS) is 12.6. The molecule has 0 saturated heterocycles. The molecule has 1 unspecified atom stereocenters. The molecule has 2 nitrogen and oxygen atoms in total. The Labute approximate surface area is 133 Å². The van der Waals surface area contributed by atoms with Gasteiger partial charge in [0.15, 0.2) is 0 Å². The van der Waals surface area contributed by atoms with Crippen molar-refractivity contribution in [2.24, 2.45) is 0 Å². The van der Waals surface area contributed by atoms with Crippen LogP contribution in [0.25, 0.3) is 0 Å². The van der Waals surface area contributed by atoms with Gasteiger partial charge < -0.3 is 5.32 Å². The molecule has 1 N–H and O–H groups in total. The number of nitrogens with one attached hydrogen (secondary N) is 1. The lowest BCUT2D eigenvalue weighted by molar-refractivity contribution is 0.533. The van der Waals surface area contributed by atoms with Crippen molar-refractivity contribution < 1.29 is 0 Å². The quantitative estimate of drug-likeness (QED) is 0.806. The Kier molecular flexibility index (Phi) is 5.75. The molecule has 0 aliphatic rings. The van der Waals surface area contributed by atoms with E-state index in [-0.39, 0.29) is 0 Å². The van der Waals surface area contributed by atoms with E-state index in [4.69, 9.17) is 0 Å². The van der Waals surface area contributed by atoms with Gasteiger partial charge in [0.05, 0.1) is 10.7 Å². The van der Waals surface area contributed by atoms with Crippen LogP contribution < -0.4 is 5.32 Å². The summed E-state index contributed by atoms with van der Waals surface area (Å²) >= 11 is 5.30. The van der Waals surface area contributed by atoms with Crippen LogP contribution in [0.1, 0.15) is 40.5 Å². The summed E-state index contributed by atoms with van der Waals surface area (Å²) in [4.78, 5) is 5.94. The largest absolute Gasteiger partial charge is 0.309 e. The Morgan fingerprint density at radius 2 is 1.95 bits per heavy atom. The zero-order chi connectivity index (χ0) is 14.5. The number of rotatable bonds is 6. The maximum absolute atomic E-state index is 4.57. The summed E-state index contributed by atoms with van der Waals surface area (Å²) in [7, 11) is 0. The zero-order valence-electron chi connectivity index (χ0n) is 12.2. The molecule has 0 radical (unpaired) electrons. The van der Waals surface area contributed by atoms with Gasteiger partial charge in [-0.05, 0) is 50.9 Å². The first-order valence-corrected chi connectivity index (χ1v) is 8.63. The van der Waals surface area contributed by atoms with Gasteiger partial charge in [0, 0.05) is 15.4 Å². The van der Waals surface area contributed by atoms with Gasteiger partial charge in [-0.25, -0.2) is 4.98 Å². The number of halogens is 1. The van der Waals surface area contributed by atoms with E-state index in [0.29, 0.717) is 6.04 Å². The predicted octanol–water partition coefficient (Wildman–Crippen LogP) is 4.81. The molecular formula is C16H21BrN2S. The molecule has 4 heteroatoms. The fraction of sp³-hybridized carbons (Fsp3) is 0.438. The summed E-state index contributed by atoms with van der Waals surface area (Å²) in [6, 6.07) is 8.96. The zero-order valence-corrected chi connectivity index (χ0v) is 14.6. The van der Waals surface area contributed by atoms with Crippen molar-refractivity contribution in [1.29, 1.82) is 0 Å². The van der Waals surface area contributed by atoms with Gasteiger partial charge in [-0.2, -0.15) is 0 Å². The van der Waals surface area contributed by atoms with Gasteiger partial charge in [-0.15, -0.1) is 11.3 Å². The van der Waals surface area contributed by atoms with Gasteiger partial charge in [0.2, 0.25) is 0 Å². The monoisotopic (exact) mass is 352 g/mol. The number of benzene rings is 1. The van der Waals surface area contributed by atoms with E-state index in [1.807, 2.05) is 11.3 Å². The van der Waals surface area contributed by atoms with E-state index in [0.717, 1.165) is 28.9 Å². The van der Waals surface area contributed by atoms with Crippen LogP contribution in [0, 0.1) is 13.8 Å². The van der Waals surface area contributed by atoms with Gasteiger partial charge >= 0.3 is 0 Å². The first-order chi connectivity index (χ1) is 9.60. The lowest BCUT2D eigenvalue weighted by Crippen LogP contribution is -2.24. The van der Waals surface area contributed by atoms with Crippen LogP contribution in [0.5, 0.6) is 0 Å². The number of hydrogen-bond acceptors (Lipinski definition) is 3. The molecule has 20 heavy (non-hydrogen) atoms. The average Bonchev–Trinajstić information content (AvgIpc) is 2.76. The second kappa shape index (κ2) is 7.34. The highest BCUT2D eigenvalue weighted by Gasteiger charge is 2.17. The lowest BCUT2D eigenvalue weighted by atomic mass is 10.0. The minimum absolute atomic E-state index is 0.363. The lowest BCUT2D eigenvalue weighted by Gasteiger charge is -2.18. The van der Waals surface area contributed by atoms with Crippen LogP contribution in [-0.2, 0) is 6.42 Å². The van der Waals surface area contributed by atoms with E-state index in [1.165, 1.54) is 16.1 Å². The van der Waals surface area contributed by atoms with Crippen molar-refractivity contribution in [3.05, 3.63) is 49.9 Å². The third-order valence-electron chi connectivity index (χ3n) is 3.25. The van der Waals surface area contributed by atoms with Crippen molar-refractivity contribution >= 4 is 27.3 Å². The number of aromatic nitrogens is 1. The highest BCUT2D eigenvalue weighted by Crippen LogP contribution is 2.28. The summed E-state index contributed by atoms with van der Waals surface area (Å²) < 4.78 is 1.13. The number of thiazole rings is 1. The third kappa shape index (κ3) is 4.14. The standard InChI is InChI=1S/C16H21BrN2S/c1-4-9-18-15(16-11(2)19-12(3)20-16)10-13-5-7-14(17)8-6-13/h5-8,15,18H,4,9-10H2,1-3H3. The van der Waals surface area contributed by atoms with E-state index in [1.54, 1.807) is 0 Å². The predicted molar refractivity (Wildman–Crippen MR) is 90.5 cm³/mol. The van der Waals surface area contributed by atoms with Gasteiger partial charge in [0.25, 0.3) is 0 Å². The van der Waals surface area contributed by atoms with Crippen LogP contribution in [0.4, 0.5) is 0 Å². The molecule has 2 rings (SSSR count). The third-order valence-corrected chi connectivity index (χ3v) is 4.96. The van der Waals surface area contributed by atoms with E-state index in [2.05, 4.69) is 71.3 Å². The van der Waals surface area contributed by atoms with E-state index < -0.39 is 0 Å². The smallest absolute Gasteiger partial charge is 0.0900 e. The Bertz CT molecular complexity index is 548. The molecule has 1 aromatic carbocycles. The topological polar surface area (TPSA) is 24.9 Å². The first kappa shape index (κ1) is 15.7. The molecule has 1 heterocycles. The average molecular weight is 353 g/mol. The van der Waals surface area contributed by atoms with Crippen LogP contribution in [0.15, 0.2) is 28.7 Å². The fourth-order valence-electron chi connectivity index (χ4n) is 2.30. The Balaban J connectivity index is 2.19. The molecule has 0 amide bonds. The molecule has 1 atom stereocenters. The maximum atomic E-state index is 4.57. The van der Waals surface area contributed by atoms with Crippen molar-refractivity contribution in [1.82, 2.24) is 10.3 Å². The second-order valence-corrected chi connectivity index (χ2v) is 7.17. The Hall–Kier alpha value is -0.710. The molecule has 0 spiro atoms. The molecule has 2 aromatic rings. The number of nitrogens with zero attached hydrogens (tertiary/aromatic N) is 1. The first-order valence-electron chi connectivity index (χ1n) is 7.02. The van der Waals surface area contributed by atoms with Crippen molar-refractivity contribution in [3.63, 3.8) is 0 Å². The van der Waals surface area contributed by atoms with Crippen LogP contribution in [0.2, 0.25) is 0 Å². The van der Waals surface area contributed by atoms with Crippen LogP contribution >= 0.6 is 27.3 Å². The van der Waals surface area contributed by atoms with Crippen molar-refractivity contribution in [2.75, 3.05) is 6.54 Å². The van der Waals surface area contributed by atoms with Gasteiger partial charge in [-0.1, -0.05) is 35.0 Å². The summed E-state index contributed by atoms with van der Waals surface area (Å²) in [6.45, 7) is 7.44. The van der Waals surface area contributed by atoms with Crippen molar-refractivity contribution in [3.8, 4) is 0 Å². The highest BCUT2D eigenvalue weighted by molar-refractivity contribution is 9.10. The fourth-order valence-corrected chi connectivity index (χ4v) is 3.57. The maximum Gasteiger partial charge on any atom is 0.0900 e. The number of aryl methyl sites for hydroxylation is 2. The van der Waals surface area contributed by atoms with Gasteiger partial charge in [0.1, 0.15) is 0 Å². The number of hydrogen-bond donors (Lipinski definition) is 1. The van der Waals surface area contributed by atoms with Crippen molar-refractivity contribution in [2.45, 2.75) is 39.7 Å². The van der Waals surface area contributed by atoms with Crippen LogP contribution in [-0.4, -0.2) is 11.5 Å². The van der Waals surface area contributed by atoms with Gasteiger partial charge in [-0.3, -0.25) is 0 Å². The molecular weight excluding hydrogens is 332 g/mol. The molecule has 0 aliphatic heterocycles. The summed E-state index contributed by atoms with van der Waals surface area (Å²) in [5.74, 6) is 0. The Morgan fingerprint density at radius 1 is 1.25 bits per heavy atom. The molecule has 1 aromatic heterocycles. The summed E-state index contributed by atoms with van der Waals surface area (Å²) in [6.07, 6.45) is 2.16. The van der Waals surface area contributed by atoms with Crippen LogP contribution in [0.3, 0.4) is 0 Å².